The minimum Gasteiger partial charge on any atom is -0.486 e. The zero-order valence-corrected chi connectivity index (χ0v) is 13.7. The van der Waals surface area contributed by atoms with E-state index in [0.29, 0.717) is 35.3 Å². The molecular weight excluding hydrogens is 340 g/mol. The summed E-state index contributed by atoms with van der Waals surface area (Å²) in [6, 6.07) is 12.2. The fourth-order valence-electron chi connectivity index (χ4n) is 2.61. The lowest BCUT2D eigenvalue weighted by molar-refractivity contribution is -0.136. The maximum Gasteiger partial charge on any atom is 0.313 e. The monoisotopic (exact) mass is 356 g/mol. The van der Waals surface area contributed by atoms with Gasteiger partial charge in [0.2, 0.25) is 6.79 Å². The molecule has 8 heteroatoms. The molecule has 0 saturated carbocycles. The average molecular weight is 356 g/mol. The Bertz CT molecular complexity index is 853. The summed E-state index contributed by atoms with van der Waals surface area (Å²) < 4.78 is 21.7. The van der Waals surface area contributed by atoms with Crippen LogP contribution in [0.25, 0.3) is 0 Å². The van der Waals surface area contributed by atoms with Crippen LogP contribution in [-0.2, 0) is 9.59 Å². The summed E-state index contributed by atoms with van der Waals surface area (Å²) >= 11 is 0. The molecule has 2 aromatic carbocycles. The molecule has 2 heterocycles. The molecule has 1 unspecified atom stereocenters. The van der Waals surface area contributed by atoms with Gasteiger partial charge in [-0.15, -0.1) is 0 Å². The quantitative estimate of drug-likeness (QED) is 0.805. The highest BCUT2D eigenvalue weighted by molar-refractivity contribution is 6.39. The van der Waals surface area contributed by atoms with Crippen molar-refractivity contribution in [3.63, 3.8) is 0 Å². The Morgan fingerprint density at radius 2 is 1.69 bits per heavy atom. The molecule has 0 radical (unpaired) electrons. The molecule has 26 heavy (non-hydrogen) atoms. The zero-order chi connectivity index (χ0) is 17.9. The van der Waals surface area contributed by atoms with Crippen molar-refractivity contribution in [1.82, 2.24) is 5.32 Å². The summed E-state index contributed by atoms with van der Waals surface area (Å²) in [4.78, 5) is 24.0. The number of hydrogen-bond donors (Lipinski definition) is 2. The third-order valence-electron chi connectivity index (χ3n) is 3.89. The van der Waals surface area contributed by atoms with Crippen molar-refractivity contribution in [3.8, 4) is 23.0 Å². The van der Waals surface area contributed by atoms with Gasteiger partial charge in [-0.2, -0.15) is 0 Å². The van der Waals surface area contributed by atoms with Crippen LogP contribution in [0.2, 0.25) is 0 Å². The second-order valence-corrected chi connectivity index (χ2v) is 5.73. The second kappa shape index (κ2) is 6.83. The minimum absolute atomic E-state index is 0.139. The van der Waals surface area contributed by atoms with Gasteiger partial charge < -0.3 is 29.6 Å². The number of nitrogens with one attached hydrogen (secondary N) is 2. The van der Waals surface area contributed by atoms with E-state index in [1.807, 2.05) is 18.2 Å². The Morgan fingerprint density at radius 3 is 2.58 bits per heavy atom. The third kappa shape index (κ3) is 3.34. The lowest BCUT2D eigenvalue weighted by Crippen LogP contribution is -2.44. The highest BCUT2D eigenvalue weighted by Gasteiger charge is 2.23. The first-order chi connectivity index (χ1) is 12.7. The number of benzene rings is 2. The minimum atomic E-state index is -0.777. The largest absolute Gasteiger partial charge is 0.486 e. The first-order valence-electron chi connectivity index (χ1n) is 8.06. The number of hydrogen-bond acceptors (Lipinski definition) is 6. The van der Waals surface area contributed by atoms with E-state index in [2.05, 4.69) is 10.6 Å². The van der Waals surface area contributed by atoms with Crippen molar-refractivity contribution < 1.29 is 28.5 Å². The SMILES string of the molecule is O=C(NCC1COc2ccccc2O1)C(=O)Nc1ccc2c(c1)OCO2. The topological polar surface area (TPSA) is 95.1 Å². The number of anilines is 1. The van der Waals surface area contributed by atoms with E-state index < -0.39 is 11.8 Å². The molecule has 0 fully saturated rings. The van der Waals surface area contributed by atoms with E-state index in [9.17, 15) is 9.59 Å². The highest BCUT2D eigenvalue weighted by Crippen LogP contribution is 2.34. The summed E-state index contributed by atoms with van der Waals surface area (Å²) in [7, 11) is 0. The maximum atomic E-state index is 12.0. The predicted molar refractivity (Wildman–Crippen MR) is 90.6 cm³/mol. The lowest BCUT2D eigenvalue weighted by Gasteiger charge is -2.26. The molecule has 2 aliphatic heterocycles. The van der Waals surface area contributed by atoms with Gasteiger partial charge in [0.05, 0.1) is 6.54 Å². The summed E-state index contributed by atoms with van der Waals surface area (Å²) in [5, 5.41) is 5.06. The van der Waals surface area contributed by atoms with Crippen molar-refractivity contribution in [3.05, 3.63) is 42.5 Å². The van der Waals surface area contributed by atoms with Gasteiger partial charge in [0.25, 0.3) is 0 Å². The maximum absolute atomic E-state index is 12.0. The van der Waals surface area contributed by atoms with Gasteiger partial charge in [-0.1, -0.05) is 12.1 Å². The first kappa shape index (κ1) is 16.1. The van der Waals surface area contributed by atoms with E-state index in [1.54, 1.807) is 24.3 Å². The van der Waals surface area contributed by atoms with Crippen LogP contribution in [0.5, 0.6) is 23.0 Å². The van der Waals surface area contributed by atoms with Gasteiger partial charge in [-0.05, 0) is 24.3 Å². The standard InChI is InChI=1S/C18H16N2O6/c21-17(18(22)20-11-5-6-14-16(7-11)25-10-24-14)19-8-12-9-23-13-3-1-2-4-15(13)26-12/h1-7,12H,8-10H2,(H,19,21)(H,20,22). The number of fused-ring (bicyclic) bond motifs is 2. The molecular formula is C18H16N2O6. The highest BCUT2D eigenvalue weighted by atomic mass is 16.7. The van der Waals surface area contributed by atoms with Crippen molar-refractivity contribution in [1.29, 1.82) is 0 Å². The fraction of sp³-hybridized carbons (Fsp3) is 0.222. The van der Waals surface area contributed by atoms with Crippen LogP contribution >= 0.6 is 0 Å². The molecule has 2 N–H and O–H groups in total. The van der Waals surface area contributed by atoms with Crippen LogP contribution in [0.1, 0.15) is 0 Å². The number of amides is 2. The van der Waals surface area contributed by atoms with Crippen molar-refractivity contribution in [2.24, 2.45) is 0 Å². The van der Waals surface area contributed by atoms with Crippen LogP contribution in [0.3, 0.4) is 0 Å². The van der Waals surface area contributed by atoms with Crippen LogP contribution in [0.15, 0.2) is 42.5 Å². The summed E-state index contributed by atoms with van der Waals surface area (Å²) in [6.07, 6.45) is -0.368. The molecule has 0 aliphatic carbocycles. The Kier molecular flexibility index (Phi) is 4.22. The molecule has 8 nitrogen and oxygen atoms in total. The second-order valence-electron chi connectivity index (χ2n) is 5.73. The first-order valence-corrected chi connectivity index (χ1v) is 8.06. The molecule has 2 aromatic rings. The molecule has 0 spiro atoms. The molecule has 4 rings (SSSR count). The fourth-order valence-corrected chi connectivity index (χ4v) is 2.61. The normalized spacial score (nSPS) is 16.7. The Morgan fingerprint density at radius 1 is 0.923 bits per heavy atom. The number of carbonyl (C=O) groups is 2. The number of carbonyl (C=O) groups excluding carboxylic acids is 2. The van der Waals surface area contributed by atoms with Gasteiger partial charge in [0.15, 0.2) is 23.0 Å². The number of para-hydroxylation sites is 2. The average Bonchev–Trinajstić information content (AvgIpc) is 3.13. The van der Waals surface area contributed by atoms with E-state index in [4.69, 9.17) is 18.9 Å². The van der Waals surface area contributed by atoms with E-state index in [0.717, 1.165) is 0 Å². The Balaban J connectivity index is 1.29. The van der Waals surface area contributed by atoms with Gasteiger partial charge in [-0.3, -0.25) is 9.59 Å². The molecule has 2 aliphatic rings. The molecule has 2 amide bonds. The Hall–Kier alpha value is -3.42. The van der Waals surface area contributed by atoms with Crippen LogP contribution in [0, 0.1) is 0 Å². The molecule has 0 aromatic heterocycles. The van der Waals surface area contributed by atoms with E-state index >= 15 is 0 Å². The molecule has 0 saturated heterocycles. The number of ether oxygens (including phenoxy) is 4. The van der Waals surface area contributed by atoms with E-state index in [1.165, 1.54) is 0 Å². The van der Waals surface area contributed by atoms with Crippen molar-refractivity contribution in [2.75, 3.05) is 25.3 Å². The Labute approximate surface area is 149 Å². The van der Waals surface area contributed by atoms with Crippen LogP contribution in [0.4, 0.5) is 5.69 Å². The van der Waals surface area contributed by atoms with Crippen LogP contribution in [-0.4, -0.2) is 37.9 Å². The third-order valence-corrected chi connectivity index (χ3v) is 3.89. The molecule has 134 valence electrons. The van der Waals surface area contributed by atoms with E-state index in [-0.39, 0.29) is 19.4 Å². The van der Waals surface area contributed by atoms with Crippen molar-refractivity contribution in [2.45, 2.75) is 6.10 Å². The smallest absolute Gasteiger partial charge is 0.313 e. The predicted octanol–water partition coefficient (Wildman–Crippen LogP) is 1.31. The van der Waals surface area contributed by atoms with Gasteiger partial charge in [-0.25, -0.2) is 0 Å². The number of rotatable bonds is 3. The van der Waals surface area contributed by atoms with Crippen LogP contribution < -0.4 is 29.6 Å². The van der Waals surface area contributed by atoms with Gasteiger partial charge >= 0.3 is 11.8 Å². The summed E-state index contributed by atoms with van der Waals surface area (Å²) in [6.45, 7) is 0.586. The van der Waals surface area contributed by atoms with Crippen molar-refractivity contribution >= 4 is 17.5 Å². The summed E-state index contributed by atoms with van der Waals surface area (Å²) in [5.41, 5.74) is 0.445. The van der Waals surface area contributed by atoms with Gasteiger partial charge in [0.1, 0.15) is 12.7 Å². The zero-order valence-electron chi connectivity index (χ0n) is 13.7. The van der Waals surface area contributed by atoms with Gasteiger partial charge in [0, 0.05) is 11.8 Å². The summed E-state index contributed by atoms with van der Waals surface area (Å²) in [5.74, 6) is 0.862. The lowest BCUT2D eigenvalue weighted by atomic mass is 10.2. The molecule has 0 bridgehead atoms. The molecule has 1 atom stereocenters.